The Morgan fingerprint density at radius 1 is 1.29 bits per heavy atom. The first-order chi connectivity index (χ1) is 6.35. The topological polar surface area (TPSA) is 37.4 Å². The zero-order chi connectivity index (χ0) is 10.9. The van der Waals surface area contributed by atoms with Gasteiger partial charge in [0, 0.05) is 28.6 Å². The largest absolute Gasteiger partial charge is 0.270 e. The summed E-state index contributed by atoms with van der Waals surface area (Å²) in [7, 11) is -3.81. The Morgan fingerprint density at radius 2 is 1.86 bits per heavy atom. The molecular weight excluding hydrogens is 269 g/mol. The van der Waals surface area contributed by atoms with Crippen molar-refractivity contribution < 1.29 is 8.42 Å². The molecule has 0 heterocycles. The highest BCUT2D eigenvalue weighted by molar-refractivity contribution is 7.91. The van der Waals surface area contributed by atoms with Crippen molar-refractivity contribution in [2.75, 3.05) is 0 Å². The smallest absolute Gasteiger partial charge is 0.204 e. The van der Waals surface area contributed by atoms with E-state index in [0.29, 0.717) is 10.6 Å². The van der Waals surface area contributed by atoms with Gasteiger partial charge in [-0.2, -0.15) is 0 Å². The first-order valence-electron chi connectivity index (χ1n) is 3.49. The molecule has 0 spiro atoms. The molecule has 7 heteroatoms. The zero-order valence-electron chi connectivity index (χ0n) is 7.04. The molecule has 0 bridgehead atoms. The molecule has 0 atom stereocenters. The van der Waals surface area contributed by atoms with Gasteiger partial charge in [-0.15, -0.1) is 0 Å². The van der Waals surface area contributed by atoms with Gasteiger partial charge in [-0.1, -0.05) is 11.6 Å². The molecule has 0 aliphatic heterocycles. The van der Waals surface area contributed by atoms with Crippen LogP contribution in [-0.4, -0.2) is 11.8 Å². The molecular formula is C7H6Cl3NO2S. The highest BCUT2D eigenvalue weighted by Crippen LogP contribution is 2.24. The fourth-order valence-electron chi connectivity index (χ4n) is 0.857. The maximum Gasteiger partial charge on any atom is 0.270 e. The maximum absolute atomic E-state index is 11.4. The van der Waals surface area contributed by atoms with Crippen LogP contribution in [0.15, 0.2) is 23.1 Å². The fourth-order valence-corrected chi connectivity index (χ4v) is 2.18. The molecule has 0 saturated carbocycles. The summed E-state index contributed by atoms with van der Waals surface area (Å²) in [6.07, 6.45) is 0. The first-order valence-corrected chi connectivity index (χ1v) is 5.98. The normalized spacial score (nSPS) is 12.1. The third-order valence-corrected chi connectivity index (χ3v) is 4.34. The van der Waals surface area contributed by atoms with Crippen LogP contribution in [0.1, 0.15) is 5.56 Å². The van der Waals surface area contributed by atoms with Crippen molar-refractivity contribution in [3.8, 4) is 0 Å². The van der Waals surface area contributed by atoms with Gasteiger partial charge >= 0.3 is 0 Å². The molecule has 1 aromatic carbocycles. The van der Waals surface area contributed by atoms with Crippen LogP contribution in [0.5, 0.6) is 0 Å². The van der Waals surface area contributed by atoms with Crippen LogP contribution in [0, 0.1) is 6.92 Å². The Labute approximate surface area is 97.5 Å². The third kappa shape index (κ3) is 2.32. The highest BCUT2D eigenvalue weighted by Gasteiger charge is 2.21. The van der Waals surface area contributed by atoms with Crippen LogP contribution in [0.3, 0.4) is 0 Å². The lowest BCUT2D eigenvalue weighted by molar-refractivity contribution is 0.579. The van der Waals surface area contributed by atoms with Crippen molar-refractivity contribution in [2.24, 2.45) is 0 Å². The summed E-state index contributed by atoms with van der Waals surface area (Å²) in [5.74, 6) is 0. The number of nitrogens with zero attached hydrogens (tertiary/aromatic N) is 1. The number of aryl methyl sites for hydroxylation is 1. The average Bonchev–Trinajstić information content (AvgIpc) is 2.09. The molecule has 0 saturated heterocycles. The Hall–Kier alpha value is -0.000000000000000111. The first kappa shape index (κ1) is 12.1. The van der Waals surface area contributed by atoms with E-state index < -0.39 is 10.0 Å². The molecule has 1 rings (SSSR count). The van der Waals surface area contributed by atoms with Crippen molar-refractivity contribution >= 4 is 45.2 Å². The van der Waals surface area contributed by atoms with Gasteiger partial charge < -0.3 is 0 Å². The van der Waals surface area contributed by atoms with Crippen LogP contribution < -0.4 is 0 Å². The molecule has 0 aliphatic carbocycles. The highest BCUT2D eigenvalue weighted by atomic mass is 35.5. The van der Waals surface area contributed by atoms with E-state index in [0.717, 1.165) is 0 Å². The quantitative estimate of drug-likeness (QED) is 0.778. The van der Waals surface area contributed by atoms with Crippen molar-refractivity contribution in [3.63, 3.8) is 0 Å². The van der Waals surface area contributed by atoms with E-state index in [4.69, 9.17) is 35.2 Å². The van der Waals surface area contributed by atoms with Crippen LogP contribution in [0.2, 0.25) is 5.02 Å². The summed E-state index contributed by atoms with van der Waals surface area (Å²) >= 11 is 16.1. The Balaban J connectivity index is 3.29. The van der Waals surface area contributed by atoms with Crippen molar-refractivity contribution in [3.05, 3.63) is 28.8 Å². The van der Waals surface area contributed by atoms with Gasteiger partial charge in [-0.25, -0.2) is 8.42 Å². The molecule has 0 fully saturated rings. The second-order valence-electron chi connectivity index (χ2n) is 2.59. The minimum atomic E-state index is -3.81. The number of benzene rings is 1. The molecule has 78 valence electrons. The van der Waals surface area contributed by atoms with E-state index in [9.17, 15) is 8.42 Å². The van der Waals surface area contributed by atoms with E-state index >= 15 is 0 Å². The second kappa shape index (κ2) is 4.24. The van der Waals surface area contributed by atoms with E-state index in [1.807, 2.05) is 0 Å². The number of hydrogen-bond acceptors (Lipinski definition) is 2. The van der Waals surface area contributed by atoms with E-state index in [-0.39, 0.29) is 8.24 Å². The summed E-state index contributed by atoms with van der Waals surface area (Å²) in [5, 5.41) is 0.486. The van der Waals surface area contributed by atoms with Gasteiger partial charge in [0.25, 0.3) is 10.0 Å². The molecule has 14 heavy (non-hydrogen) atoms. The summed E-state index contributed by atoms with van der Waals surface area (Å²) in [6.45, 7) is 1.69. The lowest BCUT2D eigenvalue weighted by Gasteiger charge is -2.07. The standard InChI is InChI=1S/C7H6Cl3NO2S/c1-5-4-6(2-3-7(5)8)14(12,13)11(9)10/h2-4H,1H3. The third-order valence-electron chi connectivity index (χ3n) is 1.61. The van der Waals surface area contributed by atoms with Crippen molar-refractivity contribution in [1.29, 1.82) is 0 Å². The lowest BCUT2D eigenvalue weighted by atomic mass is 10.2. The SMILES string of the molecule is Cc1cc(S(=O)(=O)N(Cl)Cl)ccc1Cl. The van der Waals surface area contributed by atoms with Gasteiger partial charge in [0.2, 0.25) is 0 Å². The Kier molecular flexibility index (Phi) is 3.66. The van der Waals surface area contributed by atoms with E-state index in [1.165, 1.54) is 18.2 Å². The predicted molar refractivity (Wildman–Crippen MR) is 56.9 cm³/mol. The molecule has 0 amide bonds. The van der Waals surface area contributed by atoms with Crippen molar-refractivity contribution in [1.82, 2.24) is 3.34 Å². The summed E-state index contributed by atoms with van der Waals surface area (Å²) in [6, 6.07) is 4.21. The summed E-state index contributed by atoms with van der Waals surface area (Å²) in [5.41, 5.74) is 0.642. The zero-order valence-corrected chi connectivity index (χ0v) is 10.1. The number of hydrogen-bond donors (Lipinski definition) is 0. The Morgan fingerprint density at radius 3 is 2.29 bits per heavy atom. The molecule has 0 aliphatic rings. The molecule has 0 radical (unpaired) electrons. The van der Waals surface area contributed by atoms with Crippen LogP contribution in [-0.2, 0) is 10.0 Å². The minimum absolute atomic E-state index is 0.00407. The Bertz CT molecular complexity index is 444. The van der Waals surface area contributed by atoms with Gasteiger partial charge in [0.1, 0.15) is 0 Å². The predicted octanol–water partition coefficient (Wildman–Crippen LogP) is 2.95. The maximum atomic E-state index is 11.4. The van der Waals surface area contributed by atoms with Gasteiger partial charge in [-0.05, 0) is 34.0 Å². The van der Waals surface area contributed by atoms with Crippen molar-refractivity contribution in [2.45, 2.75) is 11.8 Å². The van der Waals surface area contributed by atoms with E-state index in [2.05, 4.69) is 0 Å². The van der Waals surface area contributed by atoms with Crippen LogP contribution in [0.25, 0.3) is 0 Å². The minimum Gasteiger partial charge on any atom is -0.204 e. The molecule has 1 aromatic rings. The van der Waals surface area contributed by atoms with Gasteiger partial charge in [0.05, 0.1) is 4.90 Å². The fraction of sp³-hybridized carbons (Fsp3) is 0.143. The van der Waals surface area contributed by atoms with Gasteiger partial charge in [0.15, 0.2) is 0 Å². The average molecular weight is 275 g/mol. The second-order valence-corrected chi connectivity index (χ2v) is 6.03. The van der Waals surface area contributed by atoms with Gasteiger partial charge in [-0.3, -0.25) is 0 Å². The molecule has 0 aromatic heterocycles. The summed E-state index contributed by atoms with van der Waals surface area (Å²) in [4.78, 5) is 0.00407. The summed E-state index contributed by atoms with van der Waals surface area (Å²) < 4.78 is 22.9. The van der Waals surface area contributed by atoms with E-state index in [1.54, 1.807) is 6.92 Å². The van der Waals surface area contributed by atoms with Crippen LogP contribution >= 0.6 is 35.2 Å². The lowest BCUT2D eigenvalue weighted by Crippen LogP contribution is -2.12. The molecule has 0 N–H and O–H groups in total. The number of sulfonamides is 1. The number of halogens is 3. The monoisotopic (exact) mass is 273 g/mol. The van der Waals surface area contributed by atoms with Crippen LogP contribution in [0.4, 0.5) is 0 Å². The molecule has 0 unspecified atom stereocenters. The molecule has 3 nitrogen and oxygen atoms in total. The number of rotatable bonds is 2.